The Morgan fingerprint density at radius 2 is 2.06 bits per heavy atom. The van der Waals surface area contributed by atoms with E-state index in [1.54, 1.807) is 13.8 Å². The van der Waals surface area contributed by atoms with E-state index >= 15 is 0 Å². The van der Waals surface area contributed by atoms with Gasteiger partial charge in [-0.25, -0.2) is 9.97 Å². The Morgan fingerprint density at radius 1 is 1.41 bits per heavy atom. The molecule has 1 aromatic rings. The number of anilines is 1. The second-order valence-electron chi connectivity index (χ2n) is 4.89. The largest absolute Gasteiger partial charge is 0.389 e. The molecule has 0 radical (unpaired) electrons. The molecular formula is C12H20ClN3O. The Labute approximate surface area is 108 Å². The number of aromatic nitrogens is 2. The third-order valence-electron chi connectivity index (χ3n) is 2.36. The average Bonchev–Trinajstić information content (AvgIpc) is 2.18. The average molecular weight is 258 g/mol. The van der Waals surface area contributed by atoms with E-state index < -0.39 is 5.60 Å². The SMILES string of the molecule is CCCc1c(Cl)ncnc1N(C)CC(C)(C)O. The predicted octanol–water partition coefficient (Wildman–Crippen LogP) is 2.29. The van der Waals surface area contributed by atoms with Crippen molar-refractivity contribution in [3.05, 3.63) is 17.0 Å². The minimum absolute atomic E-state index is 0.497. The highest BCUT2D eigenvalue weighted by atomic mass is 35.5. The van der Waals surface area contributed by atoms with Gasteiger partial charge >= 0.3 is 0 Å². The van der Waals surface area contributed by atoms with Gasteiger partial charge in [-0.15, -0.1) is 0 Å². The van der Waals surface area contributed by atoms with Gasteiger partial charge < -0.3 is 10.0 Å². The van der Waals surface area contributed by atoms with Crippen molar-refractivity contribution in [1.82, 2.24) is 9.97 Å². The van der Waals surface area contributed by atoms with Crippen molar-refractivity contribution < 1.29 is 5.11 Å². The van der Waals surface area contributed by atoms with Gasteiger partial charge in [0.15, 0.2) is 0 Å². The fraction of sp³-hybridized carbons (Fsp3) is 0.667. The second kappa shape index (κ2) is 5.65. The van der Waals surface area contributed by atoms with Gasteiger partial charge in [0.2, 0.25) is 0 Å². The van der Waals surface area contributed by atoms with Crippen LogP contribution in [0.25, 0.3) is 0 Å². The number of hydrogen-bond donors (Lipinski definition) is 1. The van der Waals surface area contributed by atoms with Crippen LogP contribution in [0.3, 0.4) is 0 Å². The molecule has 96 valence electrons. The summed E-state index contributed by atoms with van der Waals surface area (Å²) < 4.78 is 0. The number of aliphatic hydroxyl groups is 1. The van der Waals surface area contributed by atoms with Gasteiger partial charge in [-0.1, -0.05) is 24.9 Å². The van der Waals surface area contributed by atoms with Crippen molar-refractivity contribution in [1.29, 1.82) is 0 Å². The van der Waals surface area contributed by atoms with Gasteiger partial charge in [0, 0.05) is 19.2 Å². The molecule has 5 heteroatoms. The van der Waals surface area contributed by atoms with Crippen LogP contribution in [0.1, 0.15) is 32.8 Å². The second-order valence-corrected chi connectivity index (χ2v) is 5.24. The lowest BCUT2D eigenvalue weighted by atomic mass is 10.1. The van der Waals surface area contributed by atoms with Gasteiger partial charge in [0.05, 0.1) is 5.60 Å². The molecule has 0 aliphatic carbocycles. The van der Waals surface area contributed by atoms with Gasteiger partial charge in [0.1, 0.15) is 17.3 Å². The maximum absolute atomic E-state index is 9.82. The number of likely N-dealkylation sites (N-methyl/N-ethyl adjacent to an activating group) is 1. The third-order valence-corrected chi connectivity index (χ3v) is 2.68. The zero-order valence-corrected chi connectivity index (χ0v) is 11.6. The Hall–Kier alpha value is -0.870. The number of hydrogen-bond acceptors (Lipinski definition) is 4. The van der Waals surface area contributed by atoms with E-state index in [2.05, 4.69) is 16.9 Å². The predicted molar refractivity (Wildman–Crippen MR) is 70.6 cm³/mol. The number of nitrogens with zero attached hydrogens (tertiary/aromatic N) is 3. The van der Waals surface area contributed by atoms with Crippen molar-refractivity contribution in [3.63, 3.8) is 0 Å². The van der Waals surface area contributed by atoms with Crippen LogP contribution < -0.4 is 4.90 Å². The highest BCUT2D eigenvalue weighted by molar-refractivity contribution is 6.30. The number of rotatable bonds is 5. The van der Waals surface area contributed by atoms with Gasteiger partial charge in [-0.3, -0.25) is 0 Å². The molecule has 0 aliphatic rings. The highest BCUT2D eigenvalue weighted by Gasteiger charge is 2.19. The van der Waals surface area contributed by atoms with E-state index in [1.807, 2.05) is 11.9 Å². The molecule has 0 atom stereocenters. The van der Waals surface area contributed by atoms with E-state index in [9.17, 15) is 5.11 Å². The van der Waals surface area contributed by atoms with Crippen molar-refractivity contribution >= 4 is 17.4 Å². The maximum Gasteiger partial charge on any atom is 0.137 e. The molecule has 0 saturated carbocycles. The Balaban J connectivity index is 3.00. The summed E-state index contributed by atoms with van der Waals surface area (Å²) in [5.41, 5.74) is 0.179. The van der Waals surface area contributed by atoms with Gasteiger partial charge in [-0.05, 0) is 20.3 Å². The third kappa shape index (κ3) is 4.13. The van der Waals surface area contributed by atoms with Crippen LogP contribution in [0.2, 0.25) is 5.15 Å². The van der Waals surface area contributed by atoms with Crippen LogP contribution in [0.5, 0.6) is 0 Å². The lowest BCUT2D eigenvalue weighted by molar-refractivity contribution is 0.0884. The van der Waals surface area contributed by atoms with Crippen molar-refractivity contribution in [2.45, 2.75) is 39.2 Å². The summed E-state index contributed by atoms with van der Waals surface area (Å²) in [7, 11) is 1.90. The van der Waals surface area contributed by atoms with Crippen LogP contribution in [0, 0.1) is 0 Å². The summed E-state index contributed by atoms with van der Waals surface area (Å²) in [6, 6.07) is 0. The van der Waals surface area contributed by atoms with Crippen molar-refractivity contribution in [2.75, 3.05) is 18.5 Å². The lowest BCUT2D eigenvalue weighted by Crippen LogP contribution is -2.37. The fourth-order valence-electron chi connectivity index (χ4n) is 1.83. The summed E-state index contributed by atoms with van der Waals surface area (Å²) in [6.45, 7) is 6.12. The van der Waals surface area contributed by atoms with E-state index in [0.29, 0.717) is 11.7 Å². The lowest BCUT2D eigenvalue weighted by Gasteiger charge is -2.27. The maximum atomic E-state index is 9.82. The summed E-state index contributed by atoms with van der Waals surface area (Å²) in [5.74, 6) is 0.800. The first-order valence-corrected chi connectivity index (χ1v) is 6.16. The monoisotopic (exact) mass is 257 g/mol. The molecular weight excluding hydrogens is 238 g/mol. The molecule has 1 heterocycles. The summed E-state index contributed by atoms with van der Waals surface area (Å²) >= 11 is 6.08. The van der Waals surface area contributed by atoms with Crippen LogP contribution in [-0.2, 0) is 6.42 Å². The van der Waals surface area contributed by atoms with Gasteiger partial charge in [0.25, 0.3) is 0 Å². The smallest absolute Gasteiger partial charge is 0.137 e. The number of halogens is 1. The zero-order valence-electron chi connectivity index (χ0n) is 10.9. The molecule has 4 nitrogen and oxygen atoms in total. The highest BCUT2D eigenvalue weighted by Crippen LogP contribution is 2.24. The molecule has 0 amide bonds. The Kier molecular flexibility index (Phi) is 4.71. The summed E-state index contributed by atoms with van der Waals surface area (Å²) in [4.78, 5) is 10.2. The molecule has 0 aromatic carbocycles. The van der Waals surface area contributed by atoms with E-state index in [-0.39, 0.29) is 0 Å². The normalized spacial score (nSPS) is 11.6. The first-order chi connectivity index (χ1) is 7.85. The van der Waals surface area contributed by atoms with Crippen LogP contribution in [0.15, 0.2) is 6.33 Å². The topological polar surface area (TPSA) is 49.2 Å². The molecule has 0 fully saturated rings. The van der Waals surface area contributed by atoms with Crippen molar-refractivity contribution in [3.8, 4) is 0 Å². The van der Waals surface area contributed by atoms with Crippen molar-refractivity contribution in [2.24, 2.45) is 0 Å². The summed E-state index contributed by atoms with van der Waals surface area (Å²) in [5, 5.41) is 10.3. The van der Waals surface area contributed by atoms with E-state index in [0.717, 1.165) is 24.2 Å². The Morgan fingerprint density at radius 3 is 2.59 bits per heavy atom. The fourth-order valence-corrected chi connectivity index (χ4v) is 2.05. The minimum Gasteiger partial charge on any atom is -0.389 e. The molecule has 0 bridgehead atoms. The van der Waals surface area contributed by atoms with Gasteiger partial charge in [-0.2, -0.15) is 0 Å². The van der Waals surface area contributed by atoms with Crippen LogP contribution in [0.4, 0.5) is 5.82 Å². The summed E-state index contributed by atoms with van der Waals surface area (Å²) in [6.07, 6.45) is 3.28. The Bertz CT molecular complexity index is 377. The molecule has 1 aromatic heterocycles. The van der Waals surface area contributed by atoms with Crippen LogP contribution in [-0.4, -0.2) is 34.3 Å². The molecule has 0 unspecified atom stereocenters. The first kappa shape index (κ1) is 14.2. The van der Waals surface area contributed by atoms with Crippen LogP contribution >= 0.6 is 11.6 Å². The van der Waals surface area contributed by atoms with E-state index in [1.165, 1.54) is 6.33 Å². The minimum atomic E-state index is -0.768. The molecule has 0 aliphatic heterocycles. The standard InChI is InChI=1S/C12H20ClN3O/c1-5-6-9-10(13)14-8-15-11(9)16(4)7-12(2,3)17/h8,17H,5-7H2,1-4H3. The first-order valence-electron chi connectivity index (χ1n) is 5.78. The van der Waals surface area contributed by atoms with E-state index in [4.69, 9.17) is 11.6 Å². The molecule has 0 spiro atoms. The molecule has 0 saturated heterocycles. The zero-order chi connectivity index (χ0) is 13.1. The molecule has 1 rings (SSSR count). The molecule has 1 N–H and O–H groups in total. The quantitative estimate of drug-likeness (QED) is 0.823. The molecule has 17 heavy (non-hydrogen) atoms.